The van der Waals surface area contributed by atoms with Gasteiger partial charge in [0.05, 0.1) is 0 Å². The standard InChI is InChI=1S/C10H11BrF2N2O2S/c11-8-3-6(12)4-9(13)10(8)18(16,17)15-2-1-7(14)5-15/h3-4,7H,1-2,5,14H2/t7-/m0/s1. The third-order valence-corrected chi connectivity index (χ3v) is 5.58. The van der Waals surface area contributed by atoms with Crippen LogP contribution in [0.15, 0.2) is 21.5 Å². The molecule has 8 heteroatoms. The fourth-order valence-corrected chi connectivity index (χ4v) is 4.50. The summed E-state index contributed by atoms with van der Waals surface area (Å²) in [4.78, 5) is -0.544. The highest BCUT2D eigenvalue weighted by Gasteiger charge is 2.34. The topological polar surface area (TPSA) is 63.4 Å². The summed E-state index contributed by atoms with van der Waals surface area (Å²) in [6.07, 6.45) is 0.527. The molecule has 1 aliphatic rings. The van der Waals surface area contributed by atoms with Crippen molar-refractivity contribution in [2.45, 2.75) is 17.4 Å². The van der Waals surface area contributed by atoms with Gasteiger partial charge in [0.2, 0.25) is 10.0 Å². The van der Waals surface area contributed by atoms with Crippen LogP contribution in [0.5, 0.6) is 0 Å². The van der Waals surface area contributed by atoms with Gasteiger partial charge in [0.1, 0.15) is 16.5 Å². The Morgan fingerprint density at radius 3 is 2.56 bits per heavy atom. The van der Waals surface area contributed by atoms with Crippen LogP contribution in [0, 0.1) is 11.6 Å². The Balaban J connectivity index is 2.48. The van der Waals surface area contributed by atoms with Crippen LogP contribution in [0.4, 0.5) is 8.78 Å². The lowest BCUT2D eigenvalue weighted by molar-refractivity contribution is 0.463. The van der Waals surface area contributed by atoms with Crippen molar-refractivity contribution in [3.63, 3.8) is 0 Å². The molecule has 1 aromatic rings. The fourth-order valence-electron chi connectivity index (χ4n) is 1.88. The number of nitrogens with two attached hydrogens (primary N) is 1. The van der Waals surface area contributed by atoms with Crippen LogP contribution < -0.4 is 5.73 Å². The van der Waals surface area contributed by atoms with Crippen molar-refractivity contribution in [2.24, 2.45) is 5.73 Å². The van der Waals surface area contributed by atoms with E-state index in [2.05, 4.69) is 15.9 Å². The number of halogens is 3. The van der Waals surface area contributed by atoms with E-state index in [0.29, 0.717) is 12.5 Å². The van der Waals surface area contributed by atoms with Crippen LogP contribution in [0.2, 0.25) is 0 Å². The van der Waals surface area contributed by atoms with Crippen molar-refractivity contribution in [1.29, 1.82) is 0 Å². The Kier molecular flexibility index (Phi) is 3.72. The second-order valence-electron chi connectivity index (χ2n) is 4.11. The molecule has 0 unspecified atom stereocenters. The highest BCUT2D eigenvalue weighted by atomic mass is 79.9. The first-order valence-corrected chi connectivity index (χ1v) is 7.46. The van der Waals surface area contributed by atoms with Crippen LogP contribution in [-0.2, 0) is 10.0 Å². The normalized spacial score (nSPS) is 21.4. The molecule has 4 nitrogen and oxygen atoms in total. The Morgan fingerprint density at radius 2 is 2.06 bits per heavy atom. The molecule has 0 amide bonds. The minimum Gasteiger partial charge on any atom is -0.326 e. The number of benzene rings is 1. The van der Waals surface area contributed by atoms with Gasteiger partial charge in [-0.2, -0.15) is 4.31 Å². The van der Waals surface area contributed by atoms with Crippen molar-refractivity contribution in [3.05, 3.63) is 28.2 Å². The van der Waals surface area contributed by atoms with Gasteiger partial charge in [-0.15, -0.1) is 0 Å². The van der Waals surface area contributed by atoms with Gasteiger partial charge in [-0.05, 0) is 28.4 Å². The van der Waals surface area contributed by atoms with E-state index in [4.69, 9.17) is 5.73 Å². The summed E-state index contributed by atoms with van der Waals surface area (Å²) in [7, 11) is -3.98. The van der Waals surface area contributed by atoms with E-state index < -0.39 is 26.6 Å². The second kappa shape index (κ2) is 4.84. The zero-order chi connectivity index (χ0) is 13.5. The molecule has 1 fully saturated rings. The van der Waals surface area contributed by atoms with E-state index in [9.17, 15) is 17.2 Å². The van der Waals surface area contributed by atoms with Crippen LogP contribution >= 0.6 is 15.9 Å². The molecule has 18 heavy (non-hydrogen) atoms. The molecule has 0 saturated carbocycles. The van der Waals surface area contributed by atoms with Crippen LogP contribution in [-0.4, -0.2) is 31.9 Å². The zero-order valence-corrected chi connectivity index (χ0v) is 11.6. The fraction of sp³-hybridized carbons (Fsp3) is 0.400. The lowest BCUT2D eigenvalue weighted by Crippen LogP contribution is -2.32. The Hall–Kier alpha value is -0.570. The quantitative estimate of drug-likeness (QED) is 0.886. The van der Waals surface area contributed by atoms with E-state index in [1.807, 2.05) is 0 Å². The molecule has 0 aliphatic carbocycles. The molecule has 2 N–H and O–H groups in total. The van der Waals surface area contributed by atoms with Gasteiger partial charge in [0, 0.05) is 29.7 Å². The molecule has 0 spiro atoms. The Labute approximate surface area is 112 Å². The first-order valence-electron chi connectivity index (χ1n) is 5.22. The molecule has 1 heterocycles. The molecular weight excluding hydrogens is 330 g/mol. The van der Waals surface area contributed by atoms with Gasteiger partial charge < -0.3 is 5.73 Å². The van der Waals surface area contributed by atoms with E-state index >= 15 is 0 Å². The highest BCUT2D eigenvalue weighted by molar-refractivity contribution is 9.10. The van der Waals surface area contributed by atoms with Gasteiger partial charge >= 0.3 is 0 Å². The molecule has 0 bridgehead atoms. The summed E-state index contributed by atoms with van der Waals surface area (Å²) in [5.41, 5.74) is 5.63. The average Bonchev–Trinajstić information content (AvgIpc) is 2.63. The van der Waals surface area contributed by atoms with Crippen molar-refractivity contribution in [1.82, 2.24) is 4.31 Å². The Bertz CT molecular complexity index is 556. The van der Waals surface area contributed by atoms with Crippen molar-refractivity contribution >= 4 is 26.0 Å². The van der Waals surface area contributed by atoms with E-state index in [0.717, 1.165) is 10.4 Å². The minimum absolute atomic E-state index is 0.125. The number of rotatable bonds is 2. The first kappa shape index (κ1) is 13.9. The van der Waals surface area contributed by atoms with Crippen molar-refractivity contribution in [3.8, 4) is 0 Å². The van der Waals surface area contributed by atoms with Gasteiger partial charge in [0.15, 0.2) is 0 Å². The van der Waals surface area contributed by atoms with Crippen molar-refractivity contribution < 1.29 is 17.2 Å². The van der Waals surface area contributed by atoms with Crippen LogP contribution in [0.3, 0.4) is 0 Å². The first-order chi connectivity index (χ1) is 8.32. The molecule has 1 atom stereocenters. The summed E-state index contributed by atoms with van der Waals surface area (Å²) in [6, 6.07) is 1.22. The van der Waals surface area contributed by atoms with E-state index in [-0.39, 0.29) is 23.6 Å². The van der Waals surface area contributed by atoms with Crippen LogP contribution in [0.25, 0.3) is 0 Å². The Morgan fingerprint density at radius 1 is 1.39 bits per heavy atom. The third kappa shape index (κ3) is 2.42. The van der Waals surface area contributed by atoms with Gasteiger partial charge in [0.25, 0.3) is 0 Å². The van der Waals surface area contributed by atoms with Crippen molar-refractivity contribution in [2.75, 3.05) is 13.1 Å². The largest absolute Gasteiger partial charge is 0.326 e. The van der Waals surface area contributed by atoms with Crippen LogP contribution in [0.1, 0.15) is 6.42 Å². The number of hydrogen-bond donors (Lipinski definition) is 1. The van der Waals surface area contributed by atoms with Gasteiger partial charge in [-0.25, -0.2) is 17.2 Å². The van der Waals surface area contributed by atoms with Gasteiger partial charge in [-0.3, -0.25) is 0 Å². The molecule has 1 aliphatic heterocycles. The molecule has 2 rings (SSSR count). The summed E-state index contributed by atoms with van der Waals surface area (Å²) in [5.74, 6) is -1.95. The second-order valence-corrected chi connectivity index (χ2v) is 6.84. The molecule has 1 aromatic carbocycles. The number of sulfonamides is 1. The average molecular weight is 341 g/mol. The summed E-state index contributed by atoms with van der Waals surface area (Å²) < 4.78 is 52.0. The summed E-state index contributed by atoms with van der Waals surface area (Å²) in [5, 5.41) is 0. The molecular formula is C10H11BrF2N2O2S. The maximum Gasteiger partial charge on any atom is 0.247 e. The molecule has 0 aromatic heterocycles. The molecule has 0 radical (unpaired) electrons. The predicted octanol–water partition coefficient (Wildman–Crippen LogP) is 1.45. The predicted molar refractivity (Wildman–Crippen MR) is 65.4 cm³/mol. The highest BCUT2D eigenvalue weighted by Crippen LogP contribution is 2.30. The lowest BCUT2D eigenvalue weighted by Gasteiger charge is -2.17. The number of hydrogen-bond acceptors (Lipinski definition) is 3. The van der Waals surface area contributed by atoms with E-state index in [1.54, 1.807) is 0 Å². The maximum atomic E-state index is 13.7. The summed E-state index contributed by atoms with van der Waals surface area (Å²) >= 11 is 2.88. The molecule has 1 saturated heterocycles. The third-order valence-electron chi connectivity index (χ3n) is 2.75. The monoisotopic (exact) mass is 340 g/mol. The zero-order valence-electron chi connectivity index (χ0n) is 9.24. The smallest absolute Gasteiger partial charge is 0.247 e. The summed E-state index contributed by atoms with van der Waals surface area (Å²) in [6.45, 7) is 0.387. The molecule has 100 valence electrons. The minimum atomic E-state index is -3.98. The number of nitrogens with zero attached hydrogens (tertiary/aromatic N) is 1. The van der Waals surface area contributed by atoms with Gasteiger partial charge in [-0.1, -0.05) is 0 Å². The lowest BCUT2D eigenvalue weighted by atomic mass is 10.3. The van der Waals surface area contributed by atoms with E-state index in [1.165, 1.54) is 0 Å². The SMILES string of the molecule is N[C@H]1CCN(S(=O)(=O)c2c(F)cc(F)cc2Br)C1. The maximum absolute atomic E-state index is 13.7.